The zero-order valence-corrected chi connectivity index (χ0v) is 12.2. The van der Waals surface area contributed by atoms with Crippen molar-refractivity contribution in [2.75, 3.05) is 12.3 Å². The van der Waals surface area contributed by atoms with Crippen LogP contribution in [0.5, 0.6) is 0 Å². The summed E-state index contributed by atoms with van der Waals surface area (Å²) < 4.78 is 31.4. The van der Waals surface area contributed by atoms with Crippen LogP contribution in [0.4, 0.5) is 5.69 Å². The first-order valence-electron chi connectivity index (χ1n) is 6.44. The number of nitrogen functional groups attached to an aromatic ring is 1. The number of sulfonamides is 1. The maximum atomic E-state index is 12.2. The molecule has 0 amide bonds. The molecule has 124 valence electrons. The second kappa shape index (κ2) is 6.46. The van der Waals surface area contributed by atoms with Gasteiger partial charge < -0.3 is 30.9 Å². The average molecular weight is 334 g/mol. The van der Waals surface area contributed by atoms with Crippen molar-refractivity contribution in [3.05, 3.63) is 24.3 Å². The van der Waals surface area contributed by atoms with Crippen LogP contribution in [0.1, 0.15) is 0 Å². The van der Waals surface area contributed by atoms with E-state index in [0.29, 0.717) is 5.69 Å². The normalized spacial score (nSPS) is 32.8. The van der Waals surface area contributed by atoms with Crippen molar-refractivity contribution >= 4 is 15.7 Å². The lowest BCUT2D eigenvalue weighted by Crippen LogP contribution is -2.64. The highest BCUT2D eigenvalue weighted by Crippen LogP contribution is 2.22. The summed E-state index contributed by atoms with van der Waals surface area (Å²) in [4.78, 5) is -0.125. The zero-order chi connectivity index (χ0) is 16.5. The van der Waals surface area contributed by atoms with Crippen LogP contribution in [-0.2, 0) is 14.8 Å². The van der Waals surface area contributed by atoms with Crippen molar-refractivity contribution in [3.63, 3.8) is 0 Å². The van der Waals surface area contributed by atoms with Crippen molar-refractivity contribution < 1.29 is 33.6 Å². The van der Waals surface area contributed by atoms with E-state index in [1.54, 1.807) is 0 Å². The zero-order valence-electron chi connectivity index (χ0n) is 11.4. The number of anilines is 1. The summed E-state index contributed by atoms with van der Waals surface area (Å²) in [6.45, 7) is -0.632. The minimum Gasteiger partial charge on any atom is -0.399 e. The fourth-order valence-electron chi connectivity index (χ4n) is 2.12. The molecule has 22 heavy (non-hydrogen) atoms. The number of ether oxygens (including phenoxy) is 1. The highest BCUT2D eigenvalue weighted by atomic mass is 32.2. The maximum absolute atomic E-state index is 12.2. The average Bonchev–Trinajstić information content (AvgIpc) is 2.48. The highest BCUT2D eigenvalue weighted by molar-refractivity contribution is 7.89. The fourth-order valence-corrected chi connectivity index (χ4v) is 3.36. The van der Waals surface area contributed by atoms with E-state index in [0.717, 1.165) is 0 Å². The Morgan fingerprint density at radius 3 is 2.27 bits per heavy atom. The van der Waals surface area contributed by atoms with Gasteiger partial charge in [-0.2, -0.15) is 0 Å². The first-order chi connectivity index (χ1) is 10.3. The van der Waals surface area contributed by atoms with E-state index < -0.39 is 47.3 Å². The topological polar surface area (TPSA) is 162 Å². The first-order valence-corrected chi connectivity index (χ1v) is 7.93. The molecule has 2 rings (SSSR count). The Hall–Kier alpha value is -1.27. The lowest BCUT2D eigenvalue weighted by Gasteiger charge is -2.40. The number of hydrogen-bond donors (Lipinski definition) is 6. The number of aliphatic hydroxyl groups excluding tert-OH is 4. The number of hydrogen-bond acceptors (Lipinski definition) is 8. The maximum Gasteiger partial charge on any atom is 0.241 e. The van der Waals surface area contributed by atoms with Crippen molar-refractivity contribution in [3.8, 4) is 0 Å². The Labute approximate surface area is 127 Å². The molecule has 0 aromatic heterocycles. The molecule has 10 heteroatoms. The van der Waals surface area contributed by atoms with Gasteiger partial charge in [-0.05, 0) is 24.3 Å². The standard InChI is InChI=1S/C12H18N2O7S/c13-6-1-3-7(4-2-6)22(19,20)14-9-11(17)10(16)8(5-15)21-12(9)18/h1-4,8-12,14-18H,5,13H2/t8-,9-,10+,11+,12+/m0/s1. The van der Waals surface area contributed by atoms with Crippen LogP contribution in [-0.4, -0.2) is 66.1 Å². The number of nitrogens with one attached hydrogen (secondary N) is 1. The lowest BCUT2D eigenvalue weighted by molar-refractivity contribution is -0.251. The quantitative estimate of drug-likeness (QED) is 0.325. The van der Waals surface area contributed by atoms with Crippen molar-refractivity contribution in [2.45, 2.75) is 35.5 Å². The summed E-state index contributed by atoms with van der Waals surface area (Å²) in [5, 5.41) is 38.4. The van der Waals surface area contributed by atoms with Crippen LogP contribution < -0.4 is 10.5 Å². The minimum atomic E-state index is -4.07. The van der Waals surface area contributed by atoms with E-state index in [2.05, 4.69) is 4.72 Å². The molecule has 0 saturated carbocycles. The molecule has 0 radical (unpaired) electrons. The molecule has 0 unspecified atom stereocenters. The largest absolute Gasteiger partial charge is 0.399 e. The van der Waals surface area contributed by atoms with Gasteiger partial charge in [-0.15, -0.1) is 0 Å². The molecule has 0 aliphatic carbocycles. The number of aliphatic hydroxyl groups is 4. The van der Waals surface area contributed by atoms with Gasteiger partial charge in [0.1, 0.15) is 24.4 Å². The van der Waals surface area contributed by atoms with E-state index in [1.165, 1.54) is 24.3 Å². The molecule has 5 atom stereocenters. The second-order valence-electron chi connectivity index (χ2n) is 4.94. The van der Waals surface area contributed by atoms with Gasteiger partial charge in [0.2, 0.25) is 10.0 Å². The molecule has 1 aliphatic rings. The molecule has 1 aromatic carbocycles. The summed E-state index contributed by atoms with van der Waals surface area (Å²) in [5.41, 5.74) is 5.85. The molecule has 0 bridgehead atoms. The molecular weight excluding hydrogens is 316 g/mol. The molecule has 1 saturated heterocycles. The number of benzene rings is 1. The predicted octanol–water partition coefficient (Wildman–Crippen LogP) is -2.65. The first kappa shape index (κ1) is 17.1. The van der Waals surface area contributed by atoms with Gasteiger partial charge in [-0.1, -0.05) is 0 Å². The molecule has 1 aromatic rings. The Kier molecular flexibility index (Phi) is 5.02. The molecule has 7 N–H and O–H groups in total. The Balaban J connectivity index is 2.20. The van der Waals surface area contributed by atoms with E-state index in [4.69, 9.17) is 15.6 Å². The number of nitrogens with two attached hydrogens (primary N) is 1. The third-order valence-electron chi connectivity index (χ3n) is 3.38. The summed E-state index contributed by atoms with van der Waals surface area (Å²) in [6.07, 6.45) is -6.13. The lowest BCUT2D eigenvalue weighted by atomic mass is 9.98. The molecule has 9 nitrogen and oxygen atoms in total. The molecule has 1 fully saturated rings. The van der Waals surface area contributed by atoms with Crippen molar-refractivity contribution in [1.29, 1.82) is 0 Å². The van der Waals surface area contributed by atoms with Crippen LogP contribution in [0.2, 0.25) is 0 Å². The van der Waals surface area contributed by atoms with Gasteiger partial charge in [-0.3, -0.25) is 0 Å². The van der Waals surface area contributed by atoms with Crippen LogP contribution in [0, 0.1) is 0 Å². The van der Waals surface area contributed by atoms with Crippen LogP contribution in [0.3, 0.4) is 0 Å². The van der Waals surface area contributed by atoms with Crippen molar-refractivity contribution in [2.24, 2.45) is 0 Å². The van der Waals surface area contributed by atoms with Crippen LogP contribution in [0.25, 0.3) is 0 Å². The third kappa shape index (κ3) is 3.38. The summed E-state index contributed by atoms with van der Waals surface area (Å²) >= 11 is 0. The Morgan fingerprint density at radius 1 is 1.14 bits per heavy atom. The van der Waals surface area contributed by atoms with E-state index in [1.807, 2.05) is 0 Å². The summed E-state index contributed by atoms with van der Waals surface area (Å²) in [5.74, 6) is 0. The van der Waals surface area contributed by atoms with Gasteiger partial charge in [0.05, 0.1) is 11.5 Å². The SMILES string of the molecule is Nc1ccc(S(=O)(=O)N[C@H]2[C@@H](O)[C@H](O)[C@H](CO)O[C@H]2O)cc1. The monoisotopic (exact) mass is 334 g/mol. The van der Waals surface area contributed by atoms with E-state index >= 15 is 0 Å². The van der Waals surface area contributed by atoms with Crippen molar-refractivity contribution in [1.82, 2.24) is 4.72 Å². The predicted molar refractivity (Wildman–Crippen MR) is 74.9 cm³/mol. The van der Waals surface area contributed by atoms with Gasteiger partial charge in [0.25, 0.3) is 0 Å². The third-order valence-corrected chi connectivity index (χ3v) is 4.86. The molecular formula is C12H18N2O7S. The fraction of sp³-hybridized carbons (Fsp3) is 0.500. The molecule has 1 heterocycles. The van der Waals surface area contributed by atoms with Gasteiger partial charge in [0, 0.05) is 5.69 Å². The smallest absolute Gasteiger partial charge is 0.241 e. The number of rotatable bonds is 4. The van der Waals surface area contributed by atoms with Gasteiger partial charge in [-0.25, -0.2) is 13.1 Å². The van der Waals surface area contributed by atoms with Crippen LogP contribution >= 0.6 is 0 Å². The van der Waals surface area contributed by atoms with Crippen LogP contribution in [0.15, 0.2) is 29.2 Å². The minimum absolute atomic E-state index is 0.125. The van der Waals surface area contributed by atoms with Gasteiger partial charge >= 0.3 is 0 Å². The molecule has 1 aliphatic heterocycles. The second-order valence-corrected chi connectivity index (χ2v) is 6.66. The van der Waals surface area contributed by atoms with Gasteiger partial charge in [0.15, 0.2) is 6.29 Å². The van der Waals surface area contributed by atoms with E-state index in [9.17, 15) is 23.7 Å². The Bertz CT molecular complexity index is 606. The Morgan fingerprint density at radius 2 is 1.73 bits per heavy atom. The molecule has 0 spiro atoms. The van der Waals surface area contributed by atoms with E-state index in [-0.39, 0.29) is 4.90 Å². The summed E-state index contributed by atoms with van der Waals surface area (Å²) in [7, 11) is -4.07. The highest BCUT2D eigenvalue weighted by Gasteiger charge is 2.45. The summed E-state index contributed by atoms with van der Waals surface area (Å²) in [6, 6.07) is 3.80.